The summed E-state index contributed by atoms with van der Waals surface area (Å²) in [6.07, 6.45) is -4.61. The van der Waals surface area contributed by atoms with E-state index in [4.69, 9.17) is 4.74 Å². The van der Waals surface area contributed by atoms with Gasteiger partial charge >= 0.3 is 18.2 Å². The van der Waals surface area contributed by atoms with Gasteiger partial charge in [0.1, 0.15) is 0 Å². The first-order valence-electron chi connectivity index (χ1n) is 6.87. The molecule has 23 heavy (non-hydrogen) atoms. The Kier molecular flexibility index (Phi) is 4.63. The van der Waals surface area contributed by atoms with E-state index in [-0.39, 0.29) is 23.4 Å². The van der Waals surface area contributed by atoms with Crippen LogP contribution in [0, 0.1) is 0 Å². The molecule has 1 heterocycles. The zero-order valence-electron chi connectivity index (χ0n) is 12.5. The van der Waals surface area contributed by atoms with Gasteiger partial charge in [-0.05, 0) is 25.5 Å². The third-order valence-corrected chi connectivity index (χ3v) is 3.34. The summed E-state index contributed by atoms with van der Waals surface area (Å²) in [5.41, 5.74) is -1.02. The number of alkyl halides is 3. The van der Waals surface area contributed by atoms with Crippen LogP contribution in [0.3, 0.4) is 0 Å². The molecule has 1 aromatic rings. The number of nitrogens with one attached hydrogen (secondary N) is 2. The SMILES string of the molecule is CCOC(=O)C1=C(C)NC(=O)N[C@@H]1c1ccccc1C(F)(F)F. The maximum atomic E-state index is 13.2. The Morgan fingerprint density at radius 2 is 1.96 bits per heavy atom. The summed E-state index contributed by atoms with van der Waals surface area (Å²) >= 11 is 0. The van der Waals surface area contributed by atoms with Crippen molar-refractivity contribution in [2.45, 2.75) is 26.1 Å². The lowest BCUT2D eigenvalue weighted by Crippen LogP contribution is -2.45. The number of urea groups is 1. The molecule has 0 fully saturated rings. The second-order valence-corrected chi connectivity index (χ2v) is 4.88. The summed E-state index contributed by atoms with van der Waals surface area (Å²) in [4.78, 5) is 23.8. The van der Waals surface area contributed by atoms with Crippen molar-refractivity contribution < 1.29 is 27.5 Å². The summed E-state index contributed by atoms with van der Waals surface area (Å²) in [6.45, 7) is 3.09. The first kappa shape index (κ1) is 16.9. The fourth-order valence-electron chi connectivity index (χ4n) is 2.41. The van der Waals surface area contributed by atoms with Crippen molar-refractivity contribution in [1.29, 1.82) is 0 Å². The van der Waals surface area contributed by atoms with E-state index in [1.165, 1.54) is 25.1 Å². The van der Waals surface area contributed by atoms with Crippen LogP contribution in [-0.2, 0) is 15.7 Å². The number of hydrogen-bond acceptors (Lipinski definition) is 3. The van der Waals surface area contributed by atoms with Crippen molar-refractivity contribution in [3.63, 3.8) is 0 Å². The Hall–Kier alpha value is -2.51. The van der Waals surface area contributed by atoms with Gasteiger partial charge in [-0.15, -0.1) is 0 Å². The molecule has 0 bridgehead atoms. The molecule has 0 unspecified atom stereocenters. The Labute approximate surface area is 130 Å². The van der Waals surface area contributed by atoms with Gasteiger partial charge in [-0.1, -0.05) is 18.2 Å². The van der Waals surface area contributed by atoms with Crippen LogP contribution in [0.1, 0.15) is 31.0 Å². The van der Waals surface area contributed by atoms with Gasteiger partial charge in [0.15, 0.2) is 0 Å². The molecular weight excluding hydrogens is 313 g/mol. The molecule has 2 N–H and O–H groups in total. The highest BCUT2D eigenvalue weighted by molar-refractivity contribution is 5.95. The lowest BCUT2D eigenvalue weighted by molar-refractivity contribution is -0.141. The minimum atomic E-state index is -4.61. The molecule has 1 aliphatic heterocycles. The number of carbonyl (C=O) groups excluding carboxylic acids is 2. The van der Waals surface area contributed by atoms with E-state index in [1.807, 2.05) is 0 Å². The summed E-state index contributed by atoms with van der Waals surface area (Å²) < 4.78 is 44.5. The van der Waals surface area contributed by atoms with Crippen molar-refractivity contribution >= 4 is 12.0 Å². The molecule has 0 spiro atoms. The zero-order valence-corrected chi connectivity index (χ0v) is 12.5. The van der Waals surface area contributed by atoms with Crippen molar-refractivity contribution in [3.8, 4) is 0 Å². The molecule has 5 nitrogen and oxygen atoms in total. The van der Waals surface area contributed by atoms with Crippen molar-refractivity contribution in [2.75, 3.05) is 6.61 Å². The van der Waals surface area contributed by atoms with E-state index in [9.17, 15) is 22.8 Å². The molecule has 1 aliphatic rings. The van der Waals surface area contributed by atoms with Crippen molar-refractivity contribution in [1.82, 2.24) is 10.6 Å². The predicted octanol–water partition coefficient (Wildman–Crippen LogP) is 2.90. The summed E-state index contributed by atoms with van der Waals surface area (Å²) in [7, 11) is 0. The molecule has 1 atom stereocenters. The molecular formula is C15H15F3N2O3. The van der Waals surface area contributed by atoms with E-state index in [0.29, 0.717) is 0 Å². The minimum absolute atomic E-state index is 0.0526. The Morgan fingerprint density at radius 1 is 1.30 bits per heavy atom. The van der Waals surface area contributed by atoms with Crippen LogP contribution < -0.4 is 10.6 Å². The van der Waals surface area contributed by atoms with E-state index in [2.05, 4.69) is 10.6 Å². The van der Waals surface area contributed by atoms with Crippen LogP contribution in [0.25, 0.3) is 0 Å². The van der Waals surface area contributed by atoms with Crippen LogP contribution in [0.2, 0.25) is 0 Å². The monoisotopic (exact) mass is 328 g/mol. The average molecular weight is 328 g/mol. The van der Waals surface area contributed by atoms with Gasteiger partial charge in [0.25, 0.3) is 0 Å². The summed E-state index contributed by atoms with van der Waals surface area (Å²) in [5, 5.41) is 4.73. The molecule has 1 aromatic carbocycles. The number of carbonyl (C=O) groups is 2. The number of amides is 2. The van der Waals surface area contributed by atoms with Gasteiger partial charge in [-0.2, -0.15) is 13.2 Å². The van der Waals surface area contributed by atoms with Crippen LogP contribution >= 0.6 is 0 Å². The smallest absolute Gasteiger partial charge is 0.416 e. The van der Waals surface area contributed by atoms with E-state index < -0.39 is 29.8 Å². The summed E-state index contributed by atoms with van der Waals surface area (Å²) in [5.74, 6) is -0.778. The fourth-order valence-corrected chi connectivity index (χ4v) is 2.41. The number of benzene rings is 1. The molecule has 0 saturated heterocycles. The number of halogens is 3. The fraction of sp³-hybridized carbons (Fsp3) is 0.333. The number of allylic oxidation sites excluding steroid dienone is 1. The third kappa shape index (κ3) is 3.46. The first-order chi connectivity index (χ1) is 10.8. The van der Waals surface area contributed by atoms with E-state index >= 15 is 0 Å². The van der Waals surface area contributed by atoms with Gasteiger partial charge in [0.05, 0.1) is 23.8 Å². The molecule has 0 radical (unpaired) electrons. The van der Waals surface area contributed by atoms with E-state index in [0.717, 1.165) is 6.07 Å². The van der Waals surface area contributed by atoms with Gasteiger partial charge in [0, 0.05) is 5.70 Å². The maximum absolute atomic E-state index is 13.2. The van der Waals surface area contributed by atoms with Gasteiger partial charge in [0.2, 0.25) is 0 Å². The van der Waals surface area contributed by atoms with Crippen LogP contribution in [0.15, 0.2) is 35.5 Å². The second kappa shape index (κ2) is 6.31. The molecule has 8 heteroatoms. The minimum Gasteiger partial charge on any atom is -0.463 e. The Bertz CT molecular complexity index is 668. The molecule has 2 amide bonds. The standard InChI is InChI=1S/C15H15F3N2O3/c1-3-23-13(21)11-8(2)19-14(22)20-12(11)9-6-4-5-7-10(9)15(16,17)18/h4-7,12H,3H2,1-2H3,(H2,19,20,22)/t12-/m1/s1. The highest BCUT2D eigenvalue weighted by Gasteiger charge is 2.39. The number of esters is 1. The number of hydrogen-bond donors (Lipinski definition) is 2. The van der Waals surface area contributed by atoms with Crippen LogP contribution in [-0.4, -0.2) is 18.6 Å². The first-order valence-corrected chi connectivity index (χ1v) is 6.87. The number of ether oxygens (including phenoxy) is 1. The lowest BCUT2D eigenvalue weighted by Gasteiger charge is -2.29. The lowest BCUT2D eigenvalue weighted by atomic mass is 9.91. The quantitative estimate of drug-likeness (QED) is 0.839. The molecule has 124 valence electrons. The van der Waals surface area contributed by atoms with Crippen molar-refractivity contribution in [2.24, 2.45) is 0 Å². The summed E-state index contributed by atoms with van der Waals surface area (Å²) in [6, 6.07) is 2.87. The van der Waals surface area contributed by atoms with E-state index in [1.54, 1.807) is 6.92 Å². The third-order valence-electron chi connectivity index (χ3n) is 3.34. The number of rotatable bonds is 3. The Balaban J connectivity index is 2.58. The van der Waals surface area contributed by atoms with Gasteiger partial charge in [-0.3, -0.25) is 0 Å². The highest BCUT2D eigenvalue weighted by Crippen LogP contribution is 2.38. The molecule has 0 saturated carbocycles. The molecule has 0 aromatic heterocycles. The van der Waals surface area contributed by atoms with Crippen LogP contribution in [0.5, 0.6) is 0 Å². The topological polar surface area (TPSA) is 67.4 Å². The normalized spacial score (nSPS) is 18.3. The maximum Gasteiger partial charge on any atom is 0.416 e. The highest BCUT2D eigenvalue weighted by atomic mass is 19.4. The second-order valence-electron chi connectivity index (χ2n) is 4.88. The van der Waals surface area contributed by atoms with Gasteiger partial charge < -0.3 is 15.4 Å². The molecule has 2 rings (SSSR count). The Morgan fingerprint density at radius 3 is 2.57 bits per heavy atom. The largest absolute Gasteiger partial charge is 0.463 e. The average Bonchev–Trinajstić information content (AvgIpc) is 2.45. The molecule has 0 aliphatic carbocycles. The predicted molar refractivity (Wildman–Crippen MR) is 75.2 cm³/mol. The van der Waals surface area contributed by atoms with Crippen LogP contribution in [0.4, 0.5) is 18.0 Å². The van der Waals surface area contributed by atoms with Gasteiger partial charge in [-0.25, -0.2) is 9.59 Å². The zero-order chi connectivity index (χ0) is 17.2. The van der Waals surface area contributed by atoms with Crippen molar-refractivity contribution in [3.05, 3.63) is 46.7 Å².